The van der Waals surface area contributed by atoms with Crippen LogP contribution in [0.25, 0.3) is 6.08 Å². The summed E-state index contributed by atoms with van der Waals surface area (Å²) in [4.78, 5) is 30.2. The average molecular weight is 407 g/mol. The van der Waals surface area contributed by atoms with Gasteiger partial charge in [0.2, 0.25) is 5.91 Å². The van der Waals surface area contributed by atoms with E-state index in [1.165, 1.54) is 24.3 Å². The van der Waals surface area contributed by atoms with Crippen LogP contribution >= 0.6 is 11.3 Å². The Hall–Kier alpha value is -3.25. The molecule has 29 heavy (non-hydrogen) atoms. The van der Waals surface area contributed by atoms with Gasteiger partial charge in [0.1, 0.15) is 6.61 Å². The molecule has 0 saturated heterocycles. The highest BCUT2D eigenvalue weighted by Crippen LogP contribution is 2.29. The van der Waals surface area contributed by atoms with Crippen molar-refractivity contribution < 1.29 is 14.3 Å². The van der Waals surface area contributed by atoms with E-state index in [-0.39, 0.29) is 12.5 Å². The minimum atomic E-state index is -0.440. The Kier molecular flexibility index (Phi) is 6.57. The number of rotatable bonds is 6. The molecular weight excluding hydrogens is 384 g/mol. The maximum absolute atomic E-state index is 12.2. The summed E-state index contributed by atoms with van der Waals surface area (Å²) < 4.78 is 5.28. The molecule has 5 nitrogen and oxygen atoms in total. The molecule has 6 heteroatoms. The molecule has 1 heterocycles. The Morgan fingerprint density at radius 3 is 2.66 bits per heavy atom. The van der Waals surface area contributed by atoms with Gasteiger partial charge >= 0.3 is 5.97 Å². The number of thiazole rings is 1. The molecule has 0 fully saturated rings. The quantitative estimate of drug-likeness (QED) is 0.417. The van der Waals surface area contributed by atoms with Gasteiger partial charge in [0, 0.05) is 18.4 Å². The smallest absolute Gasteiger partial charge is 0.331 e. The molecule has 0 aliphatic heterocycles. The molecule has 148 valence electrons. The first-order valence-electron chi connectivity index (χ1n) is 9.16. The van der Waals surface area contributed by atoms with E-state index in [9.17, 15) is 9.59 Å². The summed E-state index contributed by atoms with van der Waals surface area (Å²) in [5, 5.41) is 2.34. The van der Waals surface area contributed by atoms with E-state index < -0.39 is 5.97 Å². The summed E-state index contributed by atoms with van der Waals surface area (Å²) in [5.74, 6) is -0.570. The number of hydrogen-bond donors (Lipinski definition) is 0. The van der Waals surface area contributed by atoms with Crippen molar-refractivity contribution in [2.45, 2.75) is 27.4 Å². The highest BCUT2D eigenvalue weighted by atomic mass is 32.1. The number of hydrogen-bond acceptors (Lipinski definition) is 5. The highest BCUT2D eigenvalue weighted by Gasteiger charge is 2.18. The zero-order chi connectivity index (χ0) is 20.8. The molecule has 0 saturated carbocycles. The van der Waals surface area contributed by atoms with Gasteiger partial charge in [0.25, 0.3) is 0 Å². The lowest BCUT2D eigenvalue weighted by Gasteiger charge is -2.18. The molecule has 0 unspecified atom stereocenters. The fourth-order valence-corrected chi connectivity index (χ4v) is 3.66. The van der Waals surface area contributed by atoms with Crippen LogP contribution in [-0.4, -0.2) is 16.9 Å². The Morgan fingerprint density at radius 2 is 1.93 bits per heavy atom. The van der Waals surface area contributed by atoms with Gasteiger partial charge in [-0.1, -0.05) is 36.4 Å². The highest BCUT2D eigenvalue weighted by molar-refractivity contribution is 7.14. The van der Waals surface area contributed by atoms with E-state index in [0.29, 0.717) is 10.8 Å². The van der Waals surface area contributed by atoms with Gasteiger partial charge < -0.3 is 4.74 Å². The minimum absolute atomic E-state index is 0.0486. The Labute approximate surface area is 174 Å². The third kappa shape index (κ3) is 5.39. The minimum Gasteiger partial charge on any atom is -0.456 e. The van der Waals surface area contributed by atoms with Gasteiger partial charge in [-0.2, -0.15) is 0 Å². The molecular formula is C23H22N2O3S. The number of amides is 1. The molecule has 0 spiro atoms. The number of aryl methyl sites for hydroxylation is 2. The Morgan fingerprint density at radius 1 is 1.14 bits per heavy atom. The molecule has 0 N–H and O–H groups in total. The van der Waals surface area contributed by atoms with Crippen molar-refractivity contribution >= 4 is 40.1 Å². The first-order chi connectivity index (χ1) is 13.9. The normalized spacial score (nSPS) is 10.9. The molecule has 0 bridgehead atoms. The van der Waals surface area contributed by atoms with Gasteiger partial charge in [-0.15, -0.1) is 11.3 Å². The molecule has 0 radical (unpaired) electrons. The van der Waals surface area contributed by atoms with Crippen LogP contribution in [0.2, 0.25) is 0 Å². The molecule has 1 aromatic heterocycles. The number of benzene rings is 2. The SMILES string of the molecule is CC(=O)N(c1cccc(C)c1)c1nc(COC(=O)/C=C/c2ccccc2C)cs1. The second-order valence-electron chi connectivity index (χ2n) is 6.61. The molecule has 0 atom stereocenters. The van der Waals surface area contributed by atoms with E-state index in [1.807, 2.05) is 62.4 Å². The summed E-state index contributed by atoms with van der Waals surface area (Å²) >= 11 is 1.34. The van der Waals surface area contributed by atoms with Crippen LogP contribution in [0.5, 0.6) is 0 Å². The van der Waals surface area contributed by atoms with Crippen molar-refractivity contribution in [1.29, 1.82) is 0 Å². The van der Waals surface area contributed by atoms with Gasteiger partial charge in [0.15, 0.2) is 5.13 Å². The van der Waals surface area contributed by atoms with Crippen LogP contribution in [0.15, 0.2) is 60.0 Å². The third-order valence-electron chi connectivity index (χ3n) is 4.26. The lowest BCUT2D eigenvalue weighted by molar-refractivity contribution is -0.139. The Balaban J connectivity index is 1.65. The monoisotopic (exact) mass is 406 g/mol. The predicted molar refractivity (Wildman–Crippen MR) is 116 cm³/mol. The number of carbonyl (C=O) groups is 2. The van der Waals surface area contributed by atoms with E-state index in [0.717, 1.165) is 22.4 Å². The van der Waals surface area contributed by atoms with Crippen LogP contribution in [0.4, 0.5) is 10.8 Å². The van der Waals surface area contributed by atoms with E-state index >= 15 is 0 Å². The fourth-order valence-electron chi connectivity index (χ4n) is 2.78. The van der Waals surface area contributed by atoms with E-state index in [4.69, 9.17) is 4.74 Å². The lowest BCUT2D eigenvalue weighted by atomic mass is 10.1. The maximum Gasteiger partial charge on any atom is 0.331 e. The van der Waals surface area contributed by atoms with Gasteiger partial charge in [-0.3, -0.25) is 9.69 Å². The average Bonchev–Trinajstić information content (AvgIpc) is 3.14. The predicted octanol–water partition coefficient (Wildman–Crippen LogP) is 5.20. The van der Waals surface area contributed by atoms with Crippen molar-refractivity contribution in [3.63, 3.8) is 0 Å². The van der Waals surface area contributed by atoms with Crippen LogP contribution in [0.1, 0.15) is 29.3 Å². The Bertz CT molecular complexity index is 1060. The zero-order valence-corrected chi connectivity index (χ0v) is 17.4. The number of anilines is 2. The van der Waals surface area contributed by atoms with Gasteiger partial charge in [0.05, 0.1) is 11.4 Å². The van der Waals surface area contributed by atoms with E-state index in [2.05, 4.69) is 4.98 Å². The standard InChI is InChI=1S/C23H22N2O3S/c1-16-7-6-10-21(13-16)25(18(3)26)23-24-20(15-29-23)14-28-22(27)12-11-19-9-5-4-8-17(19)2/h4-13,15H,14H2,1-3H3/b12-11+. The first-order valence-corrected chi connectivity index (χ1v) is 10.0. The summed E-state index contributed by atoms with van der Waals surface area (Å²) in [7, 11) is 0. The first kappa shape index (κ1) is 20.5. The largest absolute Gasteiger partial charge is 0.456 e. The van der Waals surface area contributed by atoms with Crippen molar-refractivity contribution in [2.24, 2.45) is 0 Å². The summed E-state index contributed by atoms with van der Waals surface area (Å²) in [6.45, 7) is 5.50. The number of aromatic nitrogens is 1. The van der Waals surface area contributed by atoms with Crippen molar-refractivity contribution in [1.82, 2.24) is 4.98 Å². The second-order valence-corrected chi connectivity index (χ2v) is 7.45. The third-order valence-corrected chi connectivity index (χ3v) is 5.13. The topological polar surface area (TPSA) is 59.5 Å². The molecule has 3 rings (SSSR count). The lowest BCUT2D eigenvalue weighted by Crippen LogP contribution is -2.22. The van der Waals surface area contributed by atoms with Crippen molar-refractivity contribution in [2.75, 3.05) is 4.90 Å². The fraction of sp³-hybridized carbons (Fsp3) is 0.174. The molecule has 1 amide bonds. The molecule has 0 aliphatic carbocycles. The van der Waals surface area contributed by atoms with Crippen molar-refractivity contribution in [3.05, 3.63) is 82.4 Å². The molecule has 0 aliphatic rings. The van der Waals surface area contributed by atoms with E-state index in [1.54, 1.807) is 16.4 Å². The number of carbonyl (C=O) groups excluding carboxylic acids is 2. The zero-order valence-electron chi connectivity index (χ0n) is 16.6. The summed E-state index contributed by atoms with van der Waals surface area (Å²) in [6, 6.07) is 15.5. The van der Waals surface area contributed by atoms with Gasteiger partial charge in [-0.05, 0) is 48.7 Å². The van der Waals surface area contributed by atoms with Gasteiger partial charge in [-0.25, -0.2) is 9.78 Å². The number of esters is 1. The van der Waals surface area contributed by atoms with Crippen LogP contribution < -0.4 is 4.90 Å². The second kappa shape index (κ2) is 9.30. The molecule has 2 aromatic carbocycles. The molecule has 3 aromatic rings. The number of nitrogens with zero attached hydrogens (tertiary/aromatic N) is 2. The summed E-state index contributed by atoms with van der Waals surface area (Å²) in [6.07, 6.45) is 3.14. The number of ether oxygens (including phenoxy) is 1. The van der Waals surface area contributed by atoms with Crippen LogP contribution in [0.3, 0.4) is 0 Å². The van der Waals surface area contributed by atoms with Crippen LogP contribution in [-0.2, 0) is 20.9 Å². The maximum atomic E-state index is 12.2. The van der Waals surface area contributed by atoms with Crippen molar-refractivity contribution in [3.8, 4) is 0 Å². The summed E-state index contributed by atoms with van der Waals surface area (Å²) in [5.41, 5.74) is 4.47. The van der Waals surface area contributed by atoms with Crippen LogP contribution in [0, 0.1) is 13.8 Å².